The number of pyridine rings is 1. The van der Waals surface area contributed by atoms with E-state index < -0.39 is 6.10 Å². The van der Waals surface area contributed by atoms with Crippen LogP contribution in [0.15, 0.2) is 42.5 Å². The van der Waals surface area contributed by atoms with Gasteiger partial charge in [0.15, 0.2) is 0 Å². The first kappa shape index (κ1) is 20.0. The minimum absolute atomic E-state index is 0.0266. The number of hydrogen-bond acceptors (Lipinski definition) is 4. The van der Waals surface area contributed by atoms with Crippen molar-refractivity contribution in [3.8, 4) is 0 Å². The molecule has 1 fully saturated rings. The van der Waals surface area contributed by atoms with E-state index in [-0.39, 0.29) is 11.9 Å². The van der Waals surface area contributed by atoms with Gasteiger partial charge in [-0.3, -0.25) is 9.78 Å². The quantitative estimate of drug-likeness (QED) is 0.759. The largest absolute Gasteiger partial charge is 0.385 e. The molecule has 5 heteroatoms. The lowest BCUT2D eigenvalue weighted by molar-refractivity contribution is -0.123. The monoisotopic (exact) mass is 393 g/mol. The number of aliphatic hydroxyl groups excluding tert-OH is 1. The van der Waals surface area contributed by atoms with Gasteiger partial charge in [-0.15, -0.1) is 0 Å². The van der Waals surface area contributed by atoms with Crippen molar-refractivity contribution in [3.63, 3.8) is 0 Å². The van der Waals surface area contributed by atoms with E-state index in [1.807, 2.05) is 25.1 Å². The van der Waals surface area contributed by atoms with Gasteiger partial charge < -0.3 is 15.3 Å². The molecule has 1 saturated heterocycles. The predicted molar refractivity (Wildman–Crippen MR) is 113 cm³/mol. The minimum Gasteiger partial charge on any atom is -0.385 e. The molecule has 2 aromatic rings. The molecule has 4 rings (SSSR count). The van der Waals surface area contributed by atoms with Crippen molar-refractivity contribution in [2.75, 3.05) is 19.6 Å². The summed E-state index contributed by atoms with van der Waals surface area (Å²) in [5.41, 5.74) is 4.23. The van der Waals surface area contributed by atoms with Crippen LogP contribution < -0.4 is 5.32 Å². The highest BCUT2D eigenvalue weighted by Crippen LogP contribution is 2.28. The molecule has 5 nitrogen and oxygen atoms in total. The van der Waals surface area contributed by atoms with Gasteiger partial charge in [-0.1, -0.05) is 30.3 Å². The molecule has 2 heterocycles. The summed E-state index contributed by atoms with van der Waals surface area (Å²) in [5.74, 6) is 0.368. The fourth-order valence-electron chi connectivity index (χ4n) is 4.72. The van der Waals surface area contributed by atoms with Crippen LogP contribution in [0.5, 0.6) is 0 Å². The average molecular weight is 394 g/mol. The number of aliphatic hydroxyl groups is 1. The number of likely N-dealkylation sites (tertiary alicyclic amines) is 1. The molecular weight excluding hydrogens is 362 g/mol. The number of aryl methyl sites for hydroxylation is 1. The zero-order valence-corrected chi connectivity index (χ0v) is 17.2. The number of benzene rings is 1. The van der Waals surface area contributed by atoms with Gasteiger partial charge >= 0.3 is 0 Å². The summed E-state index contributed by atoms with van der Waals surface area (Å²) < 4.78 is 0. The number of rotatable bonds is 7. The average Bonchev–Trinajstić information content (AvgIpc) is 3.35. The van der Waals surface area contributed by atoms with Crippen molar-refractivity contribution in [3.05, 3.63) is 65.0 Å². The number of fused-ring (bicyclic) bond motifs is 1. The van der Waals surface area contributed by atoms with E-state index in [4.69, 9.17) is 0 Å². The molecule has 29 heavy (non-hydrogen) atoms. The first-order valence-electron chi connectivity index (χ1n) is 10.8. The Hall–Kier alpha value is -2.24. The third kappa shape index (κ3) is 5.03. The number of amides is 1. The Morgan fingerprint density at radius 3 is 2.48 bits per heavy atom. The third-order valence-corrected chi connectivity index (χ3v) is 6.20. The highest BCUT2D eigenvalue weighted by Gasteiger charge is 2.29. The number of nitrogens with one attached hydrogen (secondary N) is 1. The summed E-state index contributed by atoms with van der Waals surface area (Å²) in [7, 11) is 0. The molecule has 1 aliphatic heterocycles. The highest BCUT2D eigenvalue weighted by atomic mass is 16.3. The Labute approximate surface area is 173 Å². The SMILES string of the molecule is Cc1cccc([C@@H](O)[C@@H](CN2CCCC2)NC(=O)CC2Cc3ccccc3C2)n1. The second kappa shape index (κ2) is 9.06. The molecule has 0 spiro atoms. The Kier molecular flexibility index (Phi) is 6.26. The fourth-order valence-corrected chi connectivity index (χ4v) is 4.72. The molecule has 0 bridgehead atoms. The molecule has 1 amide bonds. The van der Waals surface area contributed by atoms with E-state index in [2.05, 4.69) is 39.5 Å². The van der Waals surface area contributed by atoms with Crippen molar-refractivity contribution in [1.82, 2.24) is 15.2 Å². The highest BCUT2D eigenvalue weighted by molar-refractivity contribution is 5.76. The topological polar surface area (TPSA) is 65.5 Å². The van der Waals surface area contributed by atoms with Crippen LogP contribution in [0.3, 0.4) is 0 Å². The lowest BCUT2D eigenvalue weighted by Gasteiger charge is -2.28. The molecule has 2 N–H and O–H groups in total. The fraction of sp³-hybridized carbons (Fsp3) is 0.500. The van der Waals surface area contributed by atoms with E-state index in [1.54, 1.807) is 0 Å². The first-order chi connectivity index (χ1) is 14.1. The second-order valence-electron chi connectivity index (χ2n) is 8.58. The van der Waals surface area contributed by atoms with Gasteiger partial charge in [-0.2, -0.15) is 0 Å². The summed E-state index contributed by atoms with van der Waals surface area (Å²) in [4.78, 5) is 19.7. The van der Waals surface area contributed by atoms with Crippen LogP contribution in [0.4, 0.5) is 0 Å². The smallest absolute Gasteiger partial charge is 0.220 e. The molecule has 2 atom stereocenters. The molecule has 1 aromatic heterocycles. The standard InChI is InChI=1S/C24H31N3O2/c1-17-7-6-10-21(25-17)24(29)22(16-27-11-4-5-12-27)26-23(28)15-18-13-19-8-2-3-9-20(19)14-18/h2-3,6-10,18,22,24,29H,4-5,11-16H2,1H3,(H,26,28)/t22-,24-/m1/s1. The van der Waals surface area contributed by atoms with Crippen LogP contribution in [0.1, 0.15) is 47.9 Å². The van der Waals surface area contributed by atoms with Gasteiger partial charge in [0.25, 0.3) is 0 Å². The summed E-state index contributed by atoms with van der Waals surface area (Å²) >= 11 is 0. The summed E-state index contributed by atoms with van der Waals surface area (Å²) in [5, 5.41) is 14.2. The Bertz CT molecular complexity index is 823. The molecule has 154 valence electrons. The summed E-state index contributed by atoms with van der Waals surface area (Å²) in [6, 6.07) is 13.8. The van der Waals surface area contributed by atoms with E-state index >= 15 is 0 Å². The maximum absolute atomic E-state index is 12.9. The molecule has 0 unspecified atom stereocenters. The Balaban J connectivity index is 1.41. The van der Waals surface area contributed by atoms with Crippen LogP contribution in [-0.4, -0.2) is 46.6 Å². The van der Waals surface area contributed by atoms with Crippen LogP contribution in [0.2, 0.25) is 0 Å². The van der Waals surface area contributed by atoms with E-state index in [1.165, 1.54) is 24.0 Å². The number of hydrogen-bond donors (Lipinski definition) is 2. The molecule has 1 aromatic carbocycles. The van der Waals surface area contributed by atoms with E-state index in [0.29, 0.717) is 24.6 Å². The van der Waals surface area contributed by atoms with Crippen LogP contribution in [0.25, 0.3) is 0 Å². The van der Waals surface area contributed by atoms with Crippen molar-refractivity contribution in [2.24, 2.45) is 5.92 Å². The first-order valence-corrected chi connectivity index (χ1v) is 10.8. The normalized spacial score (nSPS) is 19.1. The number of nitrogens with zero attached hydrogens (tertiary/aromatic N) is 2. The van der Waals surface area contributed by atoms with Crippen molar-refractivity contribution in [1.29, 1.82) is 0 Å². The lowest BCUT2D eigenvalue weighted by atomic mass is 10.0. The van der Waals surface area contributed by atoms with Crippen LogP contribution in [-0.2, 0) is 17.6 Å². The number of carbonyl (C=O) groups is 1. The van der Waals surface area contributed by atoms with Crippen LogP contribution in [0, 0.1) is 12.8 Å². The zero-order valence-electron chi connectivity index (χ0n) is 17.2. The van der Waals surface area contributed by atoms with Crippen molar-refractivity contribution >= 4 is 5.91 Å². The van der Waals surface area contributed by atoms with Crippen LogP contribution >= 0.6 is 0 Å². The second-order valence-corrected chi connectivity index (χ2v) is 8.58. The maximum atomic E-state index is 12.9. The number of aromatic nitrogens is 1. The van der Waals surface area contributed by atoms with E-state index in [9.17, 15) is 9.90 Å². The molecule has 2 aliphatic rings. The Morgan fingerprint density at radius 1 is 1.14 bits per heavy atom. The third-order valence-electron chi connectivity index (χ3n) is 6.20. The Morgan fingerprint density at radius 2 is 1.83 bits per heavy atom. The maximum Gasteiger partial charge on any atom is 0.220 e. The van der Waals surface area contributed by atoms with Crippen molar-refractivity contribution in [2.45, 2.75) is 51.2 Å². The molecule has 0 radical (unpaired) electrons. The van der Waals surface area contributed by atoms with Gasteiger partial charge in [-0.25, -0.2) is 0 Å². The van der Waals surface area contributed by atoms with Gasteiger partial charge in [0, 0.05) is 18.7 Å². The molecule has 0 saturated carbocycles. The summed E-state index contributed by atoms with van der Waals surface area (Å²) in [6.45, 7) is 4.63. The molecule has 1 aliphatic carbocycles. The van der Waals surface area contributed by atoms with Gasteiger partial charge in [0.1, 0.15) is 6.10 Å². The van der Waals surface area contributed by atoms with Gasteiger partial charge in [0.2, 0.25) is 5.91 Å². The van der Waals surface area contributed by atoms with E-state index in [0.717, 1.165) is 31.6 Å². The van der Waals surface area contributed by atoms with Crippen molar-refractivity contribution < 1.29 is 9.90 Å². The predicted octanol–water partition coefficient (Wildman–Crippen LogP) is 2.81. The zero-order chi connectivity index (χ0) is 20.2. The minimum atomic E-state index is -0.805. The van der Waals surface area contributed by atoms with Gasteiger partial charge in [0.05, 0.1) is 11.7 Å². The molecular formula is C24H31N3O2. The number of carbonyl (C=O) groups excluding carboxylic acids is 1. The summed E-state index contributed by atoms with van der Waals surface area (Å²) in [6.07, 6.45) is 3.98. The van der Waals surface area contributed by atoms with Gasteiger partial charge in [-0.05, 0) is 74.9 Å². The lowest BCUT2D eigenvalue weighted by Crippen LogP contribution is -2.47.